The third kappa shape index (κ3) is 2.39. The molecule has 2 aromatic carbocycles. The molecular formula is C21H15ClNO2+. The maximum absolute atomic E-state index is 13.4. The Morgan fingerprint density at radius 3 is 2.04 bits per heavy atom. The molecule has 3 aromatic rings. The first-order valence-corrected chi connectivity index (χ1v) is 8.39. The number of Topliss-reactive ketones (excluding diaryl/α,β-unsaturated/α-hetero) is 2. The molecule has 0 spiro atoms. The first-order chi connectivity index (χ1) is 12.1. The second-order valence-corrected chi connectivity index (χ2v) is 6.60. The number of nitrogens with zero attached hydrogens (tertiary/aromatic N) is 1. The zero-order valence-corrected chi connectivity index (χ0v) is 14.1. The number of ketones is 2. The van der Waals surface area contributed by atoms with Crippen LogP contribution in [0.15, 0.2) is 79.1 Å². The molecule has 1 aliphatic rings. The summed E-state index contributed by atoms with van der Waals surface area (Å²) < 4.78 is 1.86. The molecule has 0 aliphatic heterocycles. The molecule has 0 atom stereocenters. The van der Waals surface area contributed by atoms with Gasteiger partial charge in [0.1, 0.15) is 0 Å². The number of carbonyl (C=O) groups is 2. The van der Waals surface area contributed by atoms with Gasteiger partial charge in [0.15, 0.2) is 35.9 Å². The van der Waals surface area contributed by atoms with Crippen LogP contribution in [0.25, 0.3) is 0 Å². The molecule has 0 amide bonds. The molecule has 4 rings (SSSR count). The predicted octanol–water partition coefficient (Wildman–Crippen LogP) is 3.64. The fourth-order valence-electron chi connectivity index (χ4n) is 3.51. The van der Waals surface area contributed by atoms with Crippen LogP contribution in [0.3, 0.4) is 0 Å². The van der Waals surface area contributed by atoms with Crippen LogP contribution in [0.2, 0.25) is 5.02 Å². The van der Waals surface area contributed by atoms with Gasteiger partial charge in [0.05, 0.1) is 0 Å². The van der Waals surface area contributed by atoms with Crippen molar-refractivity contribution >= 4 is 23.2 Å². The molecule has 0 saturated heterocycles. The summed E-state index contributed by atoms with van der Waals surface area (Å²) in [5.74, 6) is -0.349. The Balaban J connectivity index is 1.95. The Morgan fingerprint density at radius 1 is 0.800 bits per heavy atom. The number of fused-ring (bicyclic) bond motifs is 1. The highest BCUT2D eigenvalue weighted by Gasteiger charge is 2.57. The van der Waals surface area contributed by atoms with Crippen molar-refractivity contribution in [1.29, 1.82) is 0 Å². The van der Waals surface area contributed by atoms with E-state index in [1.165, 1.54) is 0 Å². The molecule has 122 valence electrons. The van der Waals surface area contributed by atoms with Gasteiger partial charge in [-0.25, -0.2) is 4.57 Å². The summed E-state index contributed by atoms with van der Waals surface area (Å²) in [6.07, 6.45) is 3.71. The van der Waals surface area contributed by atoms with Gasteiger partial charge >= 0.3 is 0 Å². The van der Waals surface area contributed by atoms with Gasteiger partial charge in [-0.3, -0.25) is 9.59 Å². The Hall–Kier alpha value is -2.78. The van der Waals surface area contributed by atoms with Crippen LogP contribution in [0, 0.1) is 0 Å². The summed E-state index contributed by atoms with van der Waals surface area (Å²) in [6, 6.07) is 19.7. The maximum atomic E-state index is 13.4. The average Bonchev–Trinajstić information content (AvgIpc) is 2.86. The standard InChI is InChI=1S/C21H15ClNO2/c22-16-8-6-7-15(13-16)21(14-23-11-4-1-5-12-23)19(24)17-9-2-3-10-18(17)20(21)25/h1-13H,14H2/q+1. The smallest absolute Gasteiger partial charge is 0.188 e. The Kier molecular flexibility index (Phi) is 3.74. The van der Waals surface area contributed by atoms with Crippen molar-refractivity contribution in [2.45, 2.75) is 12.0 Å². The van der Waals surface area contributed by atoms with Crippen LogP contribution in [-0.2, 0) is 12.0 Å². The van der Waals surface area contributed by atoms with E-state index in [2.05, 4.69) is 0 Å². The molecule has 0 radical (unpaired) electrons. The summed E-state index contributed by atoms with van der Waals surface area (Å²) in [5.41, 5.74) is 0.288. The zero-order valence-electron chi connectivity index (χ0n) is 13.4. The molecule has 1 aromatic heterocycles. The van der Waals surface area contributed by atoms with Crippen molar-refractivity contribution in [2.24, 2.45) is 0 Å². The topological polar surface area (TPSA) is 38.0 Å². The minimum absolute atomic E-state index is 0.174. The molecule has 0 N–H and O–H groups in total. The van der Waals surface area contributed by atoms with E-state index in [0.29, 0.717) is 21.7 Å². The van der Waals surface area contributed by atoms with Crippen molar-refractivity contribution < 1.29 is 14.2 Å². The van der Waals surface area contributed by atoms with Crippen LogP contribution >= 0.6 is 11.6 Å². The van der Waals surface area contributed by atoms with E-state index >= 15 is 0 Å². The average molecular weight is 349 g/mol. The van der Waals surface area contributed by atoms with Crippen molar-refractivity contribution in [2.75, 3.05) is 0 Å². The van der Waals surface area contributed by atoms with Crippen molar-refractivity contribution in [3.05, 3.63) is 101 Å². The number of rotatable bonds is 3. The third-order valence-electron chi connectivity index (χ3n) is 4.71. The molecule has 0 bridgehead atoms. The number of halogens is 1. The second-order valence-electron chi connectivity index (χ2n) is 6.17. The van der Waals surface area contributed by atoms with E-state index < -0.39 is 5.41 Å². The van der Waals surface area contributed by atoms with Crippen LogP contribution in [0.1, 0.15) is 26.3 Å². The van der Waals surface area contributed by atoms with Gasteiger partial charge < -0.3 is 0 Å². The molecular weight excluding hydrogens is 334 g/mol. The van der Waals surface area contributed by atoms with Crippen molar-refractivity contribution in [1.82, 2.24) is 0 Å². The van der Waals surface area contributed by atoms with E-state index in [1.54, 1.807) is 48.5 Å². The number of hydrogen-bond acceptors (Lipinski definition) is 2. The molecule has 1 aliphatic carbocycles. The molecule has 0 fully saturated rings. The van der Waals surface area contributed by atoms with Crippen molar-refractivity contribution in [3.8, 4) is 0 Å². The molecule has 0 saturated carbocycles. The molecule has 1 heterocycles. The minimum atomic E-state index is -1.29. The van der Waals surface area contributed by atoms with Gasteiger partial charge in [-0.05, 0) is 17.7 Å². The van der Waals surface area contributed by atoms with E-state index in [0.717, 1.165) is 0 Å². The Labute approximate surface area is 150 Å². The zero-order chi connectivity index (χ0) is 17.4. The lowest BCUT2D eigenvalue weighted by molar-refractivity contribution is -0.700. The Bertz CT molecular complexity index is 947. The normalized spacial score (nSPS) is 15.2. The van der Waals surface area contributed by atoms with Gasteiger partial charge in [-0.1, -0.05) is 54.1 Å². The fraction of sp³-hybridized carbons (Fsp3) is 0.0952. The summed E-state index contributed by atoms with van der Waals surface area (Å²) in [6.45, 7) is 0.237. The van der Waals surface area contributed by atoms with Crippen molar-refractivity contribution in [3.63, 3.8) is 0 Å². The predicted molar refractivity (Wildman–Crippen MR) is 94.9 cm³/mol. The summed E-state index contributed by atoms with van der Waals surface area (Å²) in [4.78, 5) is 26.7. The summed E-state index contributed by atoms with van der Waals surface area (Å²) in [7, 11) is 0. The number of aromatic nitrogens is 1. The van der Waals surface area contributed by atoms with Gasteiger partial charge in [0, 0.05) is 28.3 Å². The van der Waals surface area contributed by atoms with E-state index in [9.17, 15) is 9.59 Å². The molecule has 25 heavy (non-hydrogen) atoms. The van der Waals surface area contributed by atoms with Crippen LogP contribution in [0.4, 0.5) is 0 Å². The van der Waals surface area contributed by atoms with Gasteiger partial charge in [-0.2, -0.15) is 0 Å². The summed E-state index contributed by atoms with van der Waals surface area (Å²) in [5, 5.41) is 0.506. The second kappa shape index (κ2) is 5.94. The monoisotopic (exact) mass is 348 g/mol. The molecule has 4 heteroatoms. The lowest BCUT2D eigenvalue weighted by Crippen LogP contribution is -2.52. The highest BCUT2D eigenvalue weighted by molar-refractivity contribution is 6.34. The van der Waals surface area contributed by atoms with Gasteiger partial charge in [-0.15, -0.1) is 0 Å². The first kappa shape index (κ1) is 15.7. The van der Waals surface area contributed by atoms with Gasteiger partial charge in [0.2, 0.25) is 0 Å². The highest BCUT2D eigenvalue weighted by Crippen LogP contribution is 2.40. The lowest BCUT2D eigenvalue weighted by atomic mass is 9.75. The Morgan fingerprint density at radius 2 is 1.44 bits per heavy atom. The van der Waals surface area contributed by atoms with Crippen LogP contribution < -0.4 is 4.57 Å². The molecule has 0 unspecified atom stereocenters. The highest BCUT2D eigenvalue weighted by atomic mass is 35.5. The largest absolute Gasteiger partial charge is 0.292 e. The third-order valence-corrected chi connectivity index (χ3v) is 4.94. The first-order valence-electron chi connectivity index (χ1n) is 8.02. The number of pyridine rings is 1. The lowest BCUT2D eigenvalue weighted by Gasteiger charge is -2.23. The number of carbonyl (C=O) groups excluding carboxylic acids is 2. The number of benzene rings is 2. The SMILES string of the molecule is O=C1c2ccccc2C(=O)C1(C[n+]1ccccc1)c1cccc(Cl)c1. The van der Waals surface area contributed by atoms with Crippen LogP contribution in [-0.4, -0.2) is 11.6 Å². The van der Waals surface area contributed by atoms with E-state index in [1.807, 2.05) is 35.2 Å². The fourth-order valence-corrected chi connectivity index (χ4v) is 3.70. The maximum Gasteiger partial charge on any atom is 0.188 e. The number of hydrogen-bond donors (Lipinski definition) is 0. The van der Waals surface area contributed by atoms with Gasteiger partial charge in [0.25, 0.3) is 0 Å². The quantitative estimate of drug-likeness (QED) is 0.535. The summed E-state index contributed by atoms with van der Waals surface area (Å²) >= 11 is 6.17. The van der Waals surface area contributed by atoms with E-state index in [-0.39, 0.29) is 18.1 Å². The molecule has 3 nitrogen and oxygen atoms in total. The van der Waals surface area contributed by atoms with E-state index in [4.69, 9.17) is 11.6 Å². The van der Waals surface area contributed by atoms with Crippen LogP contribution in [0.5, 0.6) is 0 Å². The minimum Gasteiger partial charge on any atom is -0.292 e.